The Hall–Kier alpha value is -3.69. The average Bonchev–Trinajstić information content (AvgIpc) is 3.37. The van der Waals surface area contributed by atoms with E-state index in [9.17, 15) is 4.79 Å². The molecule has 9 nitrogen and oxygen atoms in total. The maximum atomic E-state index is 12.9. The topological polar surface area (TPSA) is 106 Å². The number of carbonyl (C=O) groups is 1. The van der Waals surface area contributed by atoms with Crippen molar-refractivity contribution >= 4 is 17.0 Å². The molecule has 34 heavy (non-hydrogen) atoms. The number of morpholine rings is 1. The van der Waals surface area contributed by atoms with Gasteiger partial charge in [0.2, 0.25) is 0 Å². The van der Waals surface area contributed by atoms with Crippen molar-refractivity contribution in [1.82, 2.24) is 30.0 Å². The summed E-state index contributed by atoms with van der Waals surface area (Å²) in [7, 11) is 0. The molecule has 0 radical (unpaired) electrons. The van der Waals surface area contributed by atoms with Crippen LogP contribution in [0.1, 0.15) is 22.5 Å². The molecule has 0 aliphatic carbocycles. The highest BCUT2D eigenvalue weighted by molar-refractivity contribution is 6.02. The van der Waals surface area contributed by atoms with Crippen LogP contribution in [0.2, 0.25) is 0 Å². The van der Waals surface area contributed by atoms with E-state index in [1.807, 2.05) is 37.3 Å². The maximum Gasteiger partial charge on any atom is 0.340 e. The fourth-order valence-corrected chi connectivity index (χ4v) is 4.05. The number of fused-ring (bicyclic) bond motifs is 1. The van der Waals surface area contributed by atoms with Crippen LogP contribution in [0.4, 0.5) is 0 Å². The van der Waals surface area contributed by atoms with Crippen molar-refractivity contribution in [2.45, 2.75) is 13.3 Å². The molecule has 1 aliphatic rings. The summed E-state index contributed by atoms with van der Waals surface area (Å²) in [5.74, 6) is -0.396. The molecule has 0 saturated carbocycles. The average molecular weight is 459 g/mol. The fraction of sp³-hybridized carbons (Fsp3) is 0.320. The molecule has 4 aromatic heterocycles. The largest absolute Gasteiger partial charge is 0.462 e. The summed E-state index contributed by atoms with van der Waals surface area (Å²) in [4.78, 5) is 28.9. The lowest BCUT2D eigenvalue weighted by Crippen LogP contribution is -2.37. The standard InChI is InChI=1S/C25H26N6O3/c1-17-4-2-5-22(28-17)24-19(16-27-30-24)20-6-7-21-23(29-20)18(8-9-26-21)25(32)34-13-3-10-31-11-14-33-15-12-31/h2,4-9,16H,3,10-15H2,1H3,(H,27,30). The Morgan fingerprint density at radius 3 is 2.85 bits per heavy atom. The van der Waals surface area contributed by atoms with E-state index in [4.69, 9.17) is 14.5 Å². The lowest BCUT2D eigenvalue weighted by molar-refractivity contribution is 0.0299. The van der Waals surface area contributed by atoms with Crippen LogP contribution in [0.25, 0.3) is 33.7 Å². The monoisotopic (exact) mass is 458 g/mol. The van der Waals surface area contributed by atoms with Gasteiger partial charge in [-0.1, -0.05) is 6.07 Å². The van der Waals surface area contributed by atoms with Gasteiger partial charge in [-0.15, -0.1) is 0 Å². The quantitative estimate of drug-likeness (QED) is 0.332. The van der Waals surface area contributed by atoms with Crippen molar-refractivity contribution in [2.24, 2.45) is 0 Å². The van der Waals surface area contributed by atoms with E-state index in [1.165, 1.54) is 0 Å². The molecular formula is C25H26N6O3. The van der Waals surface area contributed by atoms with Gasteiger partial charge in [0.1, 0.15) is 5.52 Å². The van der Waals surface area contributed by atoms with Gasteiger partial charge in [-0.25, -0.2) is 9.78 Å². The third kappa shape index (κ3) is 4.80. The first-order valence-electron chi connectivity index (χ1n) is 11.4. The molecule has 1 saturated heterocycles. The zero-order valence-corrected chi connectivity index (χ0v) is 19.0. The highest BCUT2D eigenvalue weighted by atomic mass is 16.5. The molecule has 0 unspecified atom stereocenters. The fourth-order valence-electron chi connectivity index (χ4n) is 4.05. The van der Waals surface area contributed by atoms with Gasteiger partial charge >= 0.3 is 5.97 Å². The molecule has 1 fully saturated rings. The van der Waals surface area contributed by atoms with Gasteiger partial charge in [-0.2, -0.15) is 5.10 Å². The van der Waals surface area contributed by atoms with Gasteiger partial charge in [0.25, 0.3) is 0 Å². The van der Waals surface area contributed by atoms with Crippen LogP contribution in [0.5, 0.6) is 0 Å². The smallest absolute Gasteiger partial charge is 0.340 e. The maximum absolute atomic E-state index is 12.9. The highest BCUT2D eigenvalue weighted by Gasteiger charge is 2.18. The molecule has 0 bridgehead atoms. The minimum Gasteiger partial charge on any atom is -0.462 e. The summed E-state index contributed by atoms with van der Waals surface area (Å²) in [6, 6.07) is 11.2. The van der Waals surface area contributed by atoms with E-state index in [1.54, 1.807) is 18.5 Å². The molecule has 0 atom stereocenters. The number of hydrogen-bond donors (Lipinski definition) is 1. The van der Waals surface area contributed by atoms with Crippen LogP contribution in [0.15, 0.2) is 48.8 Å². The Morgan fingerprint density at radius 2 is 2.00 bits per heavy atom. The minimum atomic E-state index is -0.396. The number of esters is 1. The molecular weight excluding hydrogens is 432 g/mol. The van der Waals surface area contributed by atoms with Crippen molar-refractivity contribution in [3.8, 4) is 22.6 Å². The number of pyridine rings is 3. The molecule has 4 aromatic rings. The Balaban J connectivity index is 1.36. The Morgan fingerprint density at radius 1 is 1.12 bits per heavy atom. The van der Waals surface area contributed by atoms with Gasteiger partial charge in [0.15, 0.2) is 0 Å². The first kappa shape index (κ1) is 22.1. The molecule has 174 valence electrons. The summed E-state index contributed by atoms with van der Waals surface area (Å²) < 4.78 is 10.9. The lowest BCUT2D eigenvalue weighted by atomic mass is 10.1. The summed E-state index contributed by atoms with van der Waals surface area (Å²) in [5, 5.41) is 7.23. The van der Waals surface area contributed by atoms with Crippen LogP contribution in [-0.4, -0.2) is 75.5 Å². The number of hydrogen-bond acceptors (Lipinski definition) is 8. The van der Waals surface area contributed by atoms with E-state index in [0.717, 1.165) is 61.9 Å². The first-order chi connectivity index (χ1) is 16.7. The molecule has 0 spiro atoms. The number of nitrogens with one attached hydrogen (secondary N) is 1. The van der Waals surface area contributed by atoms with Gasteiger partial charge < -0.3 is 9.47 Å². The molecule has 0 amide bonds. The Labute approximate surface area is 197 Å². The second-order valence-corrected chi connectivity index (χ2v) is 8.19. The van der Waals surface area contributed by atoms with Crippen LogP contribution in [0, 0.1) is 6.92 Å². The van der Waals surface area contributed by atoms with E-state index in [0.29, 0.717) is 28.9 Å². The summed E-state index contributed by atoms with van der Waals surface area (Å²) in [6.45, 7) is 6.53. The lowest BCUT2D eigenvalue weighted by Gasteiger charge is -2.26. The Bertz CT molecular complexity index is 1300. The summed E-state index contributed by atoms with van der Waals surface area (Å²) in [5.41, 5.74) is 5.46. The minimum absolute atomic E-state index is 0.352. The molecule has 0 aromatic carbocycles. The van der Waals surface area contributed by atoms with E-state index in [-0.39, 0.29) is 0 Å². The summed E-state index contributed by atoms with van der Waals surface area (Å²) >= 11 is 0. The van der Waals surface area contributed by atoms with E-state index >= 15 is 0 Å². The number of carbonyl (C=O) groups excluding carboxylic acids is 1. The highest BCUT2D eigenvalue weighted by Crippen LogP contribution is 2.29. The predicted molar refractivity (Wildman–Crippen MR) is 127 cm³/mol. The van der Waals surface area contributed by atoms with Gasteiger partial charge in [0.05, 0.1) is 54.2 Å². The number of aromatic amines is 1. The number of ether oxygens (including phenoxy) is 2. The van der Waals surface area contributed by atoms with Crippen LogP contribution < -0.4 is 0 Å². The van der Waals surface area contributed by atoms with Crippen LogP contribution >= 0.6 is 0 Å². The number of aromatic nitrogens is 5. The zero-order valence-electron chi connectivity index (χ0n) is 19.0. The number of aryl methyl sites for hydroxylation is 1. The molecule has 9 heteroatoms. The molecule has 5 heterocycles. The number of rotatable bonds is 7. The predicted octanol–water partition coefficient (Wildman–Crippen LogP) is 3.27. The molecule has 5 rings (SSSR count). The van der Waals surface area contributed by atoms with Crippen molar-refractivity contribution in [3.05, 3.63) is 60.0 Å². The first-order valence-corrected chi connectivity index (χ1v) is 11.4. The van der Waals surface area contributed by atoms with E-state index in [2.05, 4.69) is 25.1 Å². The molecule has 1 aliphatic heterocycles. The van der Waals surface area contributed by atoms with Gasteiger partial charge in [-0.3, -0.25) is 20.0 Å². The van der Waals surface area contributed by atoms with Gasteiger partial charge in [0, 0.05) is 37.1 Å². The summed E-state index contributed by atoms with van der Waals surface area (Å²) in [6.07, 6.45) is 4.09. The zero-order chi connectivity index (χ0) is 23.3. The van der Waals surface area contributed by atoms with Crippen molar-refractivity contribution in [3.63, 3.8) is 0 Å². The van der Waals surface area contributed by atoms with Gasteiger partial charge in [-0.05, 0) is 43.7 Å². The second kappa shape index (κ2) is 10.1. The van der Waals surface area contributed by atoms with Crippen molar-refractivity contribution in [1.29, 1.82) is 0 Å². The SMILES string of the molecule is Cc1cccc(-c2[nH]ncc2-c2ccc3nccc(C(=O)OCCCN4CCOCC4)c3n2)n1. The third-order valence-electron chi connectivity index (χ3n) is 5.82. The number of nitrogens with zero attached hydrogens (tertiary/aromatic N) is 5. The van der Waals surface area contributed by atoms with Crippen molar-refractivity contribution < 1.29 is 14.3 Å². The van der Waals surface area contributed by atoms with Crippen LogP contribution in [-0.2, 0) is 9.47 Å². The Kier molecular flexibility index (Phi) is 6.55. The molecule has 1 N–H and O–H groups in total. The normalized spacial score (nSPS) is 14.4. The van der Waals surface area contributed by atoms with Crippen molar-refractivity contribution in [2.75, 3.05) is 39.5 Å². The second-order valence-electron chi connectivity index (χ2n) is 8.19. The van der Waals surface area contributed by atoms with E-state index < -0.39 is 5.97 Å². The third-order valence-corrected chi connectivity index (χ3v) is 5.82. The van der Waals surface area contributed by atoms with Crippen LogP contribution in [0.3, 0.4) is 0 Å². The number of H-pyrrole nitrogens is 1.